The average Bonchev–Trinajstić information content (AvgIpc) is 2.14. The molecule has 8 heteroatoms. The second-order valence-electron chi connectivity index (χ2n) is 3.16. The molecule has 0 aliphatic rings. The van der Waals surface area contributed by atoms with Crippen LogP contribution in [0.25, 0.3) is 0 Å². The highest BCUT2D eigenvalue weighted by Gasteiger charge is 2.17. The Morgan fingerprint density at radius 2 is 2.24 bits per heavy atom. The van der Waals surface area contributed by atoms with Gasteiger partial charge in [-0.3, -0.25) is 5.43 Å². The maximum atomic E-state index is 13.4. The molecule has 0 spiro atoms. The Labute approximate surface area is 103 Å². The zero-order valence-electron chi connectivity index (χ0n) is 8.84. The van der Waals surface area contributed by atoms with Crippen LogP contribution in [0, 0.1) is 5.82 Å². The lowest BCUT2D eigenvalue weighted by Gasteiger charge is -2.04. The Morgan fingerprint density at radius 1 is 1.59 bits per heavy atom. The van der Waals surface area contributed by atoms with Gasteiger partial charge >= 0.3 is 0 Å². The highest BCUT2D eigenvalue weighted by molar-refractivity contribution is 7.90. The molecule has 0 unspecified atom stereocenters. The summed E-state index contributed by atoms with van der Waals surface area (Å²) in [5, 5.41) is 3.51. The van der Waals surface area contributed by atoms with Gasteiger partial charge in [0.25, 0.3) is 0 Å². The topological polar surface area (TPSA) is 84.5 Å². The van der Waals surface area contributed by atoms with Crippen molar-refractivity contribution in [3.63, 3.8) is 0 Å². The van der Waals surface area contributed by atoms with Gasteiger partial charge < -0.3 is 5.73 Å². The highest BCUT2D eigenvalue weighted by Crippen LogP contribution is 2.17. The fraction of sp³-hybridized carbons (Fsp3) is 0.111. The molecule has 0 atom stereocenters. The van der Waals surface area contributed by atoms with Crippen molar-refractivity contribution < 1.29 is 12.8 Å². The zero-order chi connectivity index (χ0) is 13.1. The first-order chi connectivity index (χ1) is 7.82. The van der Waals surface area contributed by atoms with E-state index in [0.717, 1.165) is 18.5 Å². The maximum absolute atomic E-state index is 13.4. The van der Waals surface area contributed by atoms with Gasteiger partial charge in [-0.15, -0.1) is 0 Å². The average molecular weight is 275 g/mol. The predicted octanol–water partition coefficient (Wildman–Crippen LogP) is 0.396. The van der Waals surface area contributed by atoms with Crippen molar-refractivity contribution in [3.8, 4) is 0 Å². The first-order valence-corrected chi connectivity index (χ1v) is 6.69. The molecule has 92 valence electrons. The molecule has 0 fully saturated rings. The predicted molar refractivity (Wildman–Crippen MR) is 67.0 cm³/mol. The number of thiocarbonyl (C=S) groups is 1. The van der Waals surface area contributed by atoms with Crippen LogP contribution in [0.15, 0.2) is 28.2 Å². The number of nitrogens with zero attached hydrogens (tertiary/aromatic N) is 1. The number of benzene rings is 1. The lowest BCUT2D eigenvalue weighted by atomic mass is 10.2. The van der Waals surface area contributed by atoms with E-state index in [0.29, 0.717) is 0 Å². The van der Waals surface area contributed by atoms with Gasteiger partial charge in [0.15, 0.2) is 14.9 Å². The molecule has 5 nitrogen and oxygen atoms in total. The molecule has 0 aliphatic heterocycles. The molecule has 0 radical (unpaired) electrons. The maximum Gasteiger partial charge on any atom is 0.184 e. The Bertz CT molecular complexity index is 570. The normalized spacial score (nSPS) is 11.6. The number of nitrogens with two attached hydrogens (primary N) is 1. The van der Waals surface area contributed by atoms with Gasteiger partial charge in [-0.05, 0) is 18.3 Å². The van der Waals surface area contributed by atoms with Crippen LogP contribution >= 0.6 is 12.2 Å². The molecular weight excluding hydrogens is 265 g/mol. The van der Waals surface area contributed by atoms with E-state index < -0.39 is 20.5 Å². The third kappa shape index (κ3) is 3.75. The molecule has 1 rings (SSSR count). The van der Waals surface area contributed by atoms with Crippen molar-refractivity contribution in [2.75, 3.05) is 6.26 Å². The quantitative estimate of drug-likeness (QED) is 0.474. The number of hydrogen-bond donors (Lipinski definition) is 2. The number of rotatable bonds is 3. The van der Waals surface area contributed by atoms with E-state index >= 15 is 0 Å². The fourth-order valence-corrected chi connectivity index (χ4v) is 2.21. The molecule has 0 saturated carbocycles. The molecule has 17 heavy (non-hydrogen) atoms. The van der Waals surface area contributed by atoms with E-state index in [1.165, 1.54) is 12.1 Å². The van der Waals surface area contributed by atoms with Crippen LogP contribution in [0.5, 0.6) is 0 Å². The van der Waals surface area contributed by atoms with Crippen molar-refractivity contribution in [2.45, 2.75) is 4.90 Å². The van der Waals surface area contributed by atoms with Gasteiger partial charge in [0.05, 0.1) is 6.21 Å². The molecule has 0 saturated heterocycles. The fourth-order valence-electron chi connectivity index (χ4n) is 1.18. The highest BCUT2D eigenvalue weighted by atomic mass is 32.2. The molecular formula is C9H10FN3O2S2. The minimum atomic E-state index is -3.67. The van der Waals surface area contributed by atoms with Crippen molar-refractivity contribution in [3.05, 3.63) is 29.6 Å². The van der Waals surface area contributed by atoms with E-state index in [-0.39, 0.29) is 10.7 Å². The van der Waals surface area contributed by atoms with E-state index in [1.807, 2.05) is 0 Å². The van der Waals surface area contributed by atoms with Crippen LogP contribution in [0.4, 0.5) is 4.39 Å². The smallest absolute Gasteiger partial charge is 0.184 e. The number of nitrogens with one attached hydrogen (secondary N) is 1. The first-order valence-electron chi connectivity index (χ1n) is 4.39. The van der Waals surface area contributed by atoms with E-state index in [1.54, 1.807) is 0 Å². The van der Waals surface area contributed by atoms with Crippen molar-refractivity contribution in [1.82, 2.24) is 5.43 Å². The number of hydrogen-bond acceptors (Lipinski definition) is 4. The SMILES string of the molecule is CS(=O)(=O)c1c(F)cccc1C=NNC(N)=S. The lowest BCUT2D eigenvalue weighted by Crippen LogP contribution is -2.24. The summed E-state index contributed by atoms with van der Waals surface area (Å²) in [6.45, 7) is 0. The molecule has 1 aromatic carbocycles. The van der Waals surface area contributed by atoms with Crippen molar-refractivity contribution in [1.29, 1.82) is 0 Å². The van der Waals surface area contributed by atoms with Gasteiger partial charge in [0.2, 0.25) is 0 Å². The summed E-state index contributed by atoms with van der Waals surface area (Å²) in [6.07, 6.45) is 2.06. The van der Waals surface area contributed by atoms with Crippen molar-refractivity contribution >= 4 is 33.4 Å². The van der Waals surface area contributed by atoms with Crippen LogP contribution in [-0.4, -0.2) is 26.0 Å². The standard InChI is InChI=1S/C9H10FN3O2S2/c1-17(14,15)8-6(3-2-4-7(8)10)5-12-13-9(11)16/h2-5H,1H3,(H3,11,13,16). The first kappa shape index (κ1) is 13.5. The molecule has 0 heterocycles. The van der Waals surface area contributed by atoms with Crippen LogP contribution < -0.4 is 11.2 Å². The van der Waals surface area contributed by atoms with Crippen LogP contribution in [0.2, 0.25) is 0 Å². The summed E-state index contributed by atoms with van der Waals surface area (Å²) in [5.74, 6) is -0.827. The Hall–Kier alpha value is -1.54. The summed E-state index contributed by atoms with van der Waals surface area (Å²) < 4.78 is 36.2. The van der Waals surface area contributed by atoms with Gasteiger partial charge in [-0.1, -0.05) is 12.1 Å². The molecule has 0 bridgehead atoms. The summed E-state index contributed by atoms with van der Waals surface area (Å²) in [5.41, 5.74) is 7.50. The van der Waals surface area contributed by atoms with Crippen molar-refractivity contribution in [2.24, 2.45) is 10.8 Å². The molecule has 0 aliphatic carbocycles. The summed E-state index contributed by atoms with van der Waals surface area (Å²) >= 11 is 4.50. The van der Waals surface area contributed by atoms with Gasteiger partial charge in [-0.2, -0.15) is 5.10 Å². The summed E-state index contributed by atoms with van der Waals surface area (Å²) in [6, 6.07) is 3.87. The van der Waals surface area contributed by atoms with Gasteiger partial charge in [0.1, 0.15) is 10.7 Å². The molecule has 0 amide bonds. The minimum absolute atomic E-state index is 0.0708. The zero-order valence-corrected chi connectivity index (χ0v) is 10.5. The van der Waals surface area contributed by atoms with Gasteiger partial charge in [-0.25, -0.2) is 12.8 Å². The Balaban J connectivity index is 3.21. The molecule has 1 aromatic rings. The summed E-state index contributed by atoms with van der Waals surface area (Å²) in [4.78, 5) is -0.409. The van der Waals surface area contributed by atoms with Gasteiger partial charge in [0, 0.05) is 11.8 Å². The third-order valence-corrected chi connectivity index (χ3v) is 3.01. The molecule has 3 N–H and O–H groups in total. The number of sulfone groups is 1. The minimum Gasteiger partial charge on any atom is -0.375 e. The summed E-state index contributed by atoms with van der Waals surface area (Å²) in [7, 11) is -3.67. The number of halogens is 1. The van der Waals surface area contributed by atoms with Crippen LogP contribution in [-0.2, 0) is 9.84 Å². The van der Waals surface area contributed by atoms with Crippen LogP contribution in [0.3, 0.4) is 0 Å². The monoisotopic (exact) mass is 275 g/mol. The second kappa shape index (κ2) is 5.19. The molecule has 0 aromatic heterocycles. The van der Waals surface area contributed by atoms with E-state index in [9.17, 15) is 12.8 Å². The van der Waals surface area contributed by atoms with E-state index in [4.69, 9.17) is 5.73 Å². The Kier molecular flexibility index (Phi) is 4.13. The lowest BCUT2D eigenvalue weighted by molar-refractivity contribution is 0.570. The van der Waals surface area contributed by atoms with Crippen LogP contribution in [0.1, 0.15) is 5.56 Å². The second-order valence-corrected chi connectivity index (χ2v) is 5.56. The van der Waals surface area contributed by atoms with E-state index in [2.05, 4.69) is 22.7 Å². The largest absolute Gasteiger partial charge is 0.375 e. The third-order valence-electron chi connectivity index (χ3n) is 1.75. The Morgan fingerprint density at radius 3 is 2.76 bits per heavy atom. The number of hydrazone groups is 1.